The molecule has 1 aromatic rings. The molecule has 0 unspecified atom stereocenters. The van der Waals surface area contributed by atoms with E-state index < -0.39 is 5.82 Å². The zero-order valence-corrected chi connectivity index (χ0v) is 13.8. The quantitative estimate of drug-likeness (QED) is 0.914. The highest BCUT2D eigenvalue weighted by Crippen LogP contribution is 2.27. The number of benzene rings is 1. The molecule has 0 aromatic heterocycles. The van der Waals surface area contributed by atoms with E-state index in [4.69, 9.17) is 5.73 Å². The van der Waals surface area contributed by atoms with Crippen molar-refractivity contribution in [2.24, 2.45) is 11.7 Å². The van der Waals surface area contributed by atoms with E-state index >= 15 is 0 Å². The molecular formula is C18H24FN3O2. The molecule has 1 aliphatic carbocycles. The Balaban J connectivity index is 1.52. The van der Waals surface area contributed by atoms with Crippen molar-refractivity contribution in [3.63, 3.8) is 0 Å². The van der Waals surface area contributed by atoms with Gasteiger partial charge in [0.25, 0.3) is 5.91 Å². The van der Waals surface area contributed by atoms with Gasteiger partial charge in [0.1, 0.15) is 5.82 Å². The molecule has 130 valence electrons. The summed E-state index contributed by atoms with van der Waals surface area (Å²) in [5.41, 5.74) is 6.39. The molecule has 1 saturated carbocycles. The van der Waals surface area contributed by atoms with Crippen molar-refractivity contribution in [1.29, 1.82) is 0 Å². The standard InChI is InChI=1S/C18H24FN3O2/c19-15-5-1-4-14(11-15)18(24)22-9-7-21(8-10-22)17(23)12-13-3-2-6-16(13)20/h1,4-5,11,13,16H,2-3,6-10,12,20H2/t13-,16+/m0/s1. The fraction of sp³-hybridized carbons (Fsp3) is 0.556. The van der Waals surface area contributed by atoms with Crippen LogP contribution in [0.15, 0.2) is 24.3 Å². The summed E-state index contributed by atoms with van der Waals surface area (Å²) >= 11 is 0. The van der Waals surface area contributed by atoms with Gasteiger partial charge in [-0.15, -0.1) is 0 Å². The lowest BCUT2D eigenvalue weighted by Crippen LogP contribution is -2.51. The van der Waals surface area contributed by atoms with Gasteiger partial charge in [0.15, 0.2) is 0 Å². The molecule has 0 radical (unpaired) electrons. The normalized spacial score (nSPS) is 24.2. The first-order valence-corrected chi connectivity index (χ1v) is 8.63. The number of piperazine rings is 1. The van der Waals surface area contributed by atoms with Gasteiger partial charge in [-0.05, 0) is 37.0 Å². The Morgan fingerprint density at radius 3 is 2.46 bits per heavy atom. The summed E-state index contributed by atoms with van der Waals surface area (Å²) in [4.78, 5) is 28.3. The van der Waals surface area contributed by atoms with Crippen LogP contribution in [0.5, 0.6) is 0 Å². The predicted octanol–water partition coefficient (Wildman–Crippen LogP) is 1.63. The van der Waals surface area contributed by atoms with E-state index in [1.54, 1.807) is 11.0 Å². The number of carbonyl (C=O) groups excluding carboxylic acids is 2. The Morgan fingerprint density at radius 2 is 1.83 bits per heavy atom. The number of halogens is 1. The number of nitrogens with zero attached hydrogens (tertiary/aromatic N) is 2. The van der Waals surface area contributed by atoms with E-state index in [0.717, 1.165) is 19.3 Å². The fourth-order valence-electron chi connectivity index (χ4n) is 3.64. The minimum Gasteiger partial charge on any atom is -0.339 e. The Kier molecular flexibility index (Phi) is 5.14. The first-order valence-electron chi connectivity index (χ1n) is 8.63. The van der Waals surface area contributed by atoms with Crippen LogP contribution in [0, 0.1) is 11.7 Å². The molecular weight excluding hydrogens is 309 g/mol. The van der Waals surface area contributed by atoms with Crippen LogP contribution in [-0.4, -0.2) is 53.8 Å². The molecule has 1 aromatic carbocycles. The topological polar surface area (TPSA) is 66.6 Å². The van der Waals surface area contributed by atoms with Gasteiger partial charge in [-0.3, -0.25) is 9.59 Å². The molecule has 0 bridgehead atoms. The molecule has 5 nitrogen and oxygen atoms in total. The number of hydrogen-bond donors (Lipinski definition) is 1. The van der Waals surface area contributed by atoms with Gasteiger partial charge in [0, 0.05) is 44.2 Å². The maximum atomic E-state index is 13.3. The third kappa shape index (κ3) is 3.75. The van der Waals surface area contributed by atoms with Gasteiger partial charge in [0.2, 0.25) is 5.91 Å². The van der Waals surface area contributed by atoms with Gasteiger partial charge >= 0.3 is 0 Å². The minimum absolute atomic E-state index is 0.134. The average Bonchev–Trinajstić information content (AvgIpc) is 2.99. The lowest BCUT2D eigenvalue weighted by atomic mass is 9.99. The monoisotopic (exact) mass is 333 g/mol. The Labute approximate surface area is 141 Å². The molecule has 2 amide bonds. The van der Waals surface area contributed by atoms with Gasteiger partial charge < -0.3 is 15.5 Å². The van der Waals surface area contributed by atoms with Gasteiger partial charge in [-0.2, -0.15) is 0 Å². The number of hydrogen-bond acceptors (Lipinski definition) is 3. The first kappa shape index (κ1) is 16.9. The molecule has 3 rings (SSSR count). The summed E-state index contributed by atoms with van der Waals surface area (Å²) in [5, 5.41) is 0. The summed E-state index contributed by atoms with van der Waals surface area (Å²) in [6.45, 7) is 2.03. The summed E-state index contributed by atoms with van der Waals surface area (Å²) in [6, 6.07) is 5.87. The molecule has 24 heavy (non-hydrogen) atoms. The van der Waals surface area contributed by atoms with E-state index in [9.17, 15) is 14.0 Å². The van der Waals surface area contributed by atoms with Crippen LogP contribution >= 0.6 is 0 Å². The van der Waals surface area contributed by atoms with Crippen LogP contribution in [0.1, 0.15) is 36.0 Å². The highest BCUT2D eigenvalue weighted by molar-refractivity contribution is 5.94. The fourth-order valence-corrected chi connectivity index (χ4v) is 3.64. The molecule has 1 heterocycles. The molecule has 1 aliphatic heterocycles. The van der Waals surface area contributed by atoms with Crippen molar-refractivity contribution < 1.29 is 14.0 Å². The van der Waals surface area contributed by atoms with E-state index in [2.05, 4.69) is 0 Å². The summed E-state index contributed by atoms with van der Waals surface area (Å²) in [5.74, 6) is -0.165. The van der Waals surface area contributed by atoms with Crippen LogP contribution in [0.2, 0.25) is 0 Å². The number of carbonyl (C=O) groups is 2. The van der Waals surface area contributed by atoms with Crippen molar-refractivity contribution in [2.75, 3.05) is 26.2 Å². The van der Waals surface area contributed by atoms with Crippen molar-refractivity contribution >= 4 is 11.8 Å². The lowest BCUT2D eigenvalue weighted by Gasteiger charge is -2.35. The highest BCUT2D eigenvalue weighted by atomic mass is 19.1. The highest BCUT2D eigenvalue weighted by Gasteiger charge is 2.30. The number of amides is 2. The second-order valence-corrected chi connectivity index (χ2v) is 6.74. The predicted molar refractivity (Wildman–Crippen MR) is 88.8 cm³/mol. The molecule has 2 atom stereocenters. The zero-order valence-electron chi connectivity index (χ0n) is 13.8. The summed E-state index contributed by atoms with van der Waals surface area (Å²) in [6.07, 6.45) is 3.66. The third-order valence-electron chi connectivity index (χ3n) is 5.15. The Morgan fingerprint density at radius 1 is 1.12 bits per heavy atom. The average molecular weight is 333 g/mol. The smallest absolute Gasteiger partial charge is 0.254 e. The van der Waals surface area contributed by atoms with Gasteiger partial charge in [-0.1, -0.05) is 12.5 Å². The molecule has 2 fully saturated rings. The Hall–Kier alpha value is -1.95. The van der Waals surface area contributed by atoms with Crippen LogP contribution in [0.3, 0.4) is 0 Å². The van der Waals surface area contributed by atoms with E-state index in [1.165, 1.54) is 18.2 Å². The van der Waals surface area contributed by atoms with Gasteiger partial charge in [-0.25, -0.2) is 4.39 Å². The zero-order chi connectivity index (χ0) is 17.1. The lowest BCUT2D eigenvalue weighted by molar-refractivity contribution is -0.133. The molecule has 6 heteroatoms. The largest absolute Gasteiger partial charge is 0.339 e. The van der Waals surface area contributed by atoms with E-state index in [-0.39, 0.29) is 17.9 Å². The second kappa shape index (κ2) is 7.30. The van der Waals surface area contributed by atoms with Crippen LogP contribution in [0.25, 0.3) is 0 Å². The van der Waals surface area contributed by atoms with Crippen molar-refractivity contribution in [2.45, 2.75) is 31.7 Å². The molecule has 2 aliphatic rings. The Bertz CT molecular complexity index is 614. The SMILES string of the molecule is N[C@@H]1CCC[C@H]1CC(=O)N1CCN(C(=O)c2cccc(F)c2)CC1. The van der Waals surface area contributed by atoms with Crippen LogP contribution < -0.4 is 5.73 Å². The number of rotatable bonds is 3. The maximum absolute atomic E-state index is 13.3. The van der Waals surface area contributed by atoms with Crippen molar-refractivity contribution in [3.05, 3.63) is 35.6 Å². The summed E-state index contributed by atoms with van der Waals surface area (Å²) in [7, 11) is 0. The summed E-state index contributed by atoms with van der Waals surface area (Å²) < 4.78 is 13.3. The molecule has 1 saturated heterocycles. The number of nitrogens with two attached hydrogens (primary N) is 1. The maximum Gasteiger partial charge on any atom is 0.254 e. The molecule has 2 N–H and O–H groups in total. The minimum atomic E-state index is -0.414. The second-order valence-electron chi connectivity index (χ2n) is 6.74. The van der Waals surface area contributed by atoms with Gasteiger partial charge in [0.05, 0.1) is 0 Å². The van der Waals surface area contributed by atoms with Crippen LogP contribution in [0.4, 0.5) is 4.39 Å². The molecule has 0 spiro atoms. The first-order chi connectivity index (χ1) is 11.5. The third-order valence-corrected chi connectivity index (χ3v) is 5.15. The van der Waals surface area contributed by atoms with Crippen molar-refractivity contribution in [3.8, 4) is 0 Å². The van der Waals surface area contributed by atoms with E-state index in [1.807, 2.05) is 4.90 Å². The van der Waals surface area contributed by atoms with Crippen LogP contribution in [-0.2, 0) is 4.79 Å². The van der Waals surface area contributed by atoms with E-state index in [0.29, 0.717) is 44.1 Å². The van der Waals surface area contributed by atoms with Crippen molar-refractivity contribution in [1.82, 2.24) is 9.80 Å².